The second-order valence-corrected chi connectivity index (χ2v) is 4.97. The fourth-order valence-electron chi connectivity index (χ4n) is 1.13. The van der Waals surface area contributed by atoms with E-state index in [1.807, 2.05) is 0 Å². The highest BCUT2D eigenvalue weighted by atomic mass is 79.9. The molecule has 0 aromatic heterocycles. The van der Waals surface area contributed by atoms with Crippen LogP contribution in [0.4, 0.5) is 0 Å². The molecule has 0 unspecified atom stereocenters. The fraction of sp³-hybridized carbons (Fsp3) is 1.00. The zero-order valence-corrected chi connectivity index (χ0v) is 9.86. The van der Waals surface area contributed by atoms with Crippen molar-refractivity contribution in [3.63, 3.8) is 0 Å². The smallest absolute Gasteiger partial charge is 0.0482 e. The summed E-state index contributed by atoms with van der Waals surface area (Å²) >= 11 is 3.41. The van der Waals surface area contributed by atoms with E-state index in [0.717, 1.165) is 11.8 Å². The van der Waals surface area contributed by atoms with Crippen molar-refractivity contribution >= 4 is 15.9 Å². The first kappa shape index (κ1) is 12.4. The van der Waals surface area contributed by atoms with Crippen LogP contribution in [-0.2, 0) is 0 Å². The third-order valence-corrected chi connectivity index (χ3v) is 2.73. The van der Waals surface area contributed by atoms with Gasteiger partial charge in [-0.2, -0.15) is 0 Å². The van der Waals surface area contributed by atoms with Crippen molar-refractivity contribution in [1.82, 2.24) is 0 Å². The van der Waals surface area contributed by atoms with E-state index in [-0.39, 0.29) is 5.41 Å². The van der Waals surface area contributed by atoms with Crippen molar-refractivity contribution in [3.05, 3.63) is 0 Å². The summed E-state index contributed by atoms with van der Waals surface area (Å²) in [5.74, 6) is 0. The van der Waals surface area contributed by atoms with Crippen molar-refractivity contribution < 1.29 is 5.11 Å². The number of unbranched alkanes of at least 4 members (excludes halogenated alkanes) is 3. The van der Waals surface area contributed by atoms with Gasteiger partial charge in [0.2, 0.25) is 0 Å². The minimum atomic E-state index is 0.133. The highest BCUT2D eigenvalue weighted by Crippen LogP contribution is 2.22. The maximum atomic E-state index is 8.99. The Morgan fingerprint density at radius 1 is 1.08 bits per heavy atom. The summed E-state index contributed by atoms with van der Waals surface area (Å²) in [6.07, 6.45) is 6.29. The molecule has 0 saturated heterocycles. The number of alkyl halides is 1. The Labute approximate surface area is 84.7 Å². The zero-order chi connectivity index (χ0) is 9.45. The molecule has 2 heteroatoms. The molecule has 0 saturated carbocycles. The molecular formula is C10H21BrO. The lowest BCUT2D eigenvalue weighted by Crippen LogP contribution is -2.16. The van der Waals surface area contributed by atoms with Gasteiger partial charge in [0.15, 0.2) is 0 Å². The first-order valence-electron chi connectivity index (χ1n) is 4.79. The third kappa shape index (κ3) is 7.11. The van der Waals surface area contributed by atoms with Crippen molar-refractivity contribution in [1.29, 1.82) is 0 Å². The van der Waals surface area contributed by atoms with Crippen LogP contribution >= 0.6 is 15.9 Å². The van der Waals surface area contributed by atoms with E-state index in [1.54, 1.807) is 0 Å². The largest absolute Gasteiger partial charge is 0.396 e. The van der Waals surface area contributed by atoms with Crippen LogP contribution in [-0.4, -0.2) is 17.0 Å². The van der Waals surface area contributed by atoms with Gasteiger partial charge in [0.1, 0.15) is 0 Å². The second-order valence-electron chi connectivity index (χ2n) is 4.18. The van der Waals surface area contributed by atoms with Crippen LogP contribution in [0.2, 0.25) is 0 Å². The second kappa shape index (κ2) is 6.90. The third-order valence-electron chi connectivity index (χ3n) is 2.17. The SMILES string of the molecule is CC(C)(CO)CCCCCCBr. The Balaban J connectivity index is 3.19. The van der Waals surface area contributed by atoms with Crippen molar-refractivity contribution in [2.75, 3.05) is 11.9 Å². The molecule has 1 N–H and O–H groups in total. The topological polar surface area (TPSA) is 20.2 Å². The Morgan fingerprint density at radius 2 is 1.67 bits per heavy atom. The van der Waals surface area contributed by atoms with Gasteiger partial charge in [-0.05, 0) is 18.3 Å². The first-order valence-corrected chi connectivity index (χ1v) is 5.91. The minimum Gasteiger partial charge on any atom is -0.396 e. The summed E-state index contributed by atoms with van der Waals surface area (Å²) in [7, 11) is 0. The average Bonchev–Trinajstić information content (AvgIpc) is 2.04. The monoisotopic (exact) mass is 236 g/mol. The molecule has 0 bridgehead atoms. The Bertz CT molecular complexity index is 102. The summed E-state index contributed by atoms with van der Waals surface area (Å²) in [4.78, 5) is 0. The Morgan fingerprint density at radius 3 is 2.17 bits per heavy atom. The van der Waals surface area contributed by atoms with Gasteiger partial charge in [-0.25, -0.2) is 0 Å². The van der Waals surface area contributed by atoms with Crippen LogP contribution in [0.15, 0.2) is 0 Å². The van der Waals surface area contributed by atoms with Gasteiger partial charge >= 0.3 is 0 Å². The minimum absolute atomic E-state index is 0.133. The average molecular weight is 237 g/mol. The van der Waals surface area contributed by atoms with E-state index in [9.17, 15) is 0 Å². The van der Waals surface area contributed by atoms with E-state index in [4.69, 9.17) is 5.11 Å². The highest BCUT2D eigenvalue weighted by molar-refractivity contribution is 9.09. The molecular weight excluding hydrogens is 216 g/mol. The van der Waals surface area contributed by atoms with E-state index >= 15 is 0 Å². The maximum absolute atomic E-state index is 8.99. The van der Waals surface area contributed by atoms with E-state index in [2.05, 4.69) is 29.8 Å². The van der Waals surface area contributed by atoms with Gasteiger partial charge in [0, 0.05) is 11.9 Å². The van der Waals surface area contributed by atoms with Crippen LogP contribution < -0.4 is 0 Å². The molecule has 1 nitrogen and oxygen atoms in total. The molecule has 0 aromatic rings. The molecule has 0 spiro atoms. The predicted octanol–water partition coefficient (Wildman–Crippen LogP) is 3.35. The Hall–Kier alpha value is 0.440. The van der Waals surface area contributed by atoms with Crippen molar-refractivity contribution in [2.24, 2.45) is 5.41 Å². The zero-order valence-electron chi connectivity index (χ0n) is 8.27. The molecule has 0 aliphatic heterocycles. The van der Waals surface area contributed by atoms with E-state index < -0.39 is 0 Å². The number of hydrogen-bond acceptors (Lipinski definition) is 1. The lowest BCUT2D eigenvalue weighted by atomic mass is 9.88. The lowest BCUT2D eigenvalue weighted by Gasteiger charge is -2.20. The number of halogens is 1. The van der Waals surface area contributed by atoms with Gasteiger partial charge in [-0.15, -0.1) is 0 Å². The summed E-state index contributed by atoms with van der Waals surface area (Å²) < 4.78 is 0. The summed E-state index contributed by atoms with van der Waals surface area (Å²) in [6, 6.07) is 0. The number of hydrogen-bond donors (Lipinski definition) is 1. The molecule has 0 aromatic carbocycles. The molecule has 0 atom stereocenters. The molecule has 0 aliphatic rings. The molecule has 0 heterocycles. The quantitative estimate of drug-likeness (QED) is 0.531. The standard InChI is InChI=1S/C10H21BrO/c1-10(2,9-12)7-5-3-4-6-8-11/h12H,3-9H2,1-2H3. The molecule has 0 amide bonds. The maximum Gasteiger partial charge on any atom is 0.0482 e. The van der Waals surface area contributed by atoms with Crippen LogP contribution in [0, 0.1) is 5.41 Å². The number of aliphatic hydroxyl groups is 1. The summed E-state index contributed by atoms with van der Waals surface area (Å²) in [5, 5.41) is 10.1. The molecule has 74 valence electrons. The molecule has 0 fully saturated rings. The molecule has 0 rings (SSSR count). The van der Waals surface area contributed by atoms with E-state index in [1.165, 1.54) is 25.7 Å². The van der Waals surface area contributed by atoms with E-state index in [0.29, 0.717) is 6.61 Å². The fourth-order valence-corrected chi connectivity index (χ4v) is 1.53. The normalized spacial score (nSPS) is 12.0. The van der Waals surface area contributed by atoms with Crippen LogP contribution in [0.1, 0.15) is 46.0 Å². The number of aliphatic hydroxyl groups excluding tert-OH is 1. The van der Waals surface area contributed by atoms with Gasteiger partial charge < -0.3 is 5.11 Å². The molecule has 12 heavy (non-hydrogen) atoms. The van der Waals surface area contributed by atoms with Crippen LogP contribution in [0.5, 0.6) is 0 Å². The van der Waals surface area contributed by atoms with Crippen molar-refractivity contribution in [2.45, 2.75) is 46.0 Å². The van der Waals surface area contributed by atoms with Crippen LogP contribution in [0.25, 0.3) is 0 Å². The lowest BCUT2D eigenvalue weighted by molar-refractivity contribution is 0.147. The van der Waals surface area contributed by atoms with Gasteiger partial charge in [-0.1, -0.05) is 49.0 Å². The summed E-state index contributed by atoms with van der Waals surface area (Å²) in [6.45, 7) is 4.56. The van der Waals surface area contributed by atoms with Gasteiger partial charge in [0.25, 0.3) is 0 Å². The highest BCUT2D eigenvalue weighted by Gasteiger charge is 2.14. The predicted molar refractivity (Wildman–Crippen MR) is 57.7 cm³/mol. The molecule has 0 aliphatic carbocycles. The Kier molecular flexibility index (Phi) is 7.16. The number of rotatable bonds is 7. The van der Waals surface area contributed by atoms with Gasteiger partial charge in [0.05, 0.1) is 0 Å². The molecule has 0 radical (unpaired) electrons. The van der Waals surface area contributed by atoms with Gasteiger partial charge in [-0.3, -0.25) is 0 Å². The first-order chi connectivity index (χ1) is 5.62. The summed E-state index contributed by atoms with van der Waals surface area (Å²) in [5.41, 5.74) is 0.133. The van der Waals surface area contributed by atoms with Crippen molar-refractivity contribution in [3.8, 4) is 0 Å². The van der Waals surface area contributed by atoms with Crippen LogP contribution in [0.3, 0.4) is 0 Å².